The lowest BCUT2D eigenvalue weighted by molar-refractivity contribution is 0.132. The van der Waals surface area contributed by atoms with Gasteiger partial charge in [0.15, 0.2) is 0 Å². The van der Waals surface area contributed by atoms with E-state index in [1.165, 1.54) is 11.1 Å². The molecule has 1 aliphatic rings. The maximum atomic E-state index is 5.92. The first-order valence-electron chi connectivity index (χ1n) is 6.98. The fourth-order valence-electron chi connectivity index (χ4n) is 2.70. The molecule has 0 spiro atoms. The van der Waals surface area contributed by atoms with Crippen molar-refractivity contribution in [2.45, 2.75) is 19.8 Å². The molecular weight excluding hydrogens is 262 g/mol. The number of rotatable bonds is 3. The third-order valence-electron chi connectivity index (χ3n) is 3.75. The Kier molecular flexibility index (Phi) is 3.05. The van der Waals surface area contributed by atoms with Gasteiger partial charge in [0.2, 0.25) is 0 Å². The standard InChI is InChI=1S/C18H14NO2/c1-2-6-13(7-3-1)21-11-15-14-8-4-5-9-17(14)19-18-12-20-10-16(15)18/h2-9H,10-12H2. The quantitative estimate of drug-likeness (QED) is 0.732. The average Bonchev–Trinajstić information content (AvgIpc) is 3.00. The number of aromatic nitrogens is 1. The molecule has 103 valence electrons. The second-order valence-electron chi connectivity index (χ2n) is 5.05. The van der Waals surface area contributed by atoms with E-state index in [1.54, 1.807) is 0 Å². The van der Waals surface area contributed by atoms with E-state index in [0.717, 1.165) is 22.3 Å². The van der Waals surface area contributed by atoms with Crippen molar-refractivity contribution >= 4 is 10.9 Å². The topological polar surface area (TPSA) is 31.4 Å². The van der Waals surface area contributed by atoms with Gasteiger partial charge in [-0.25, -0.2) is 4.98 Å². The molecule has 0 amide bonds. The molecule has 1 aromatic heterocycles. The first-order chi connectivity index (χ1) is 10.4. The molecule has 0 bridgehead atoms. The molecule has 2 aromatic carbocycles. The van der Waals surface area contributed by atoms with Gasteiger partial charge in [-0.15, -0.1) is 0 Å². The highest BCUT2D eigenvalue weighted by atomic mass is 16.5. The van der Waals surface area contributed by atoms with Crippen LogP contribution in [0.1, 0.15) is 16.8 Å². The van der Waals surface area contributed by atoms with Gasteiger partial charge in [-0.1, -0.05) is 30.3 Å². The molecule has 4 rings (SSSR count). The Balaban J connectivity index is 1.76. The summed E-state index contributed by atoms with van der Waals surface area (Å²) >= 11 is 0. The van der Waals surface area contributed by atoms with E-state index in [1.807, 2.05) is 42.5 Å². The predicted molar refractivity (Wildman–Crippen MR) is 79.8 cm³/mol. The SMILES string of the molecule is [c]1ccc(OCc2c3c(nc4ccccc24)COC3)cc1. The van der Waals surface area contributed by atoms with Crippen molar-refractivity contribution in [2.24, 2.45) is 0 Å². The molecule has 0 unspecified atom stereocenters. The lowest BCUT2D eigenvalue weighted by Gasteiger charge is -2.12. The maximum Gasteiger partial charge on any atom is 0.119 e. The number of fused-ring (bicyclic) bond motifs is 2. The summed E-state index contributed by atoms with van der Waals surface area (Å²) in [5, 5.41) is 1.14. The summed E-state index contributed by atoms with van der Waals surface area (Å²) in [4.78, 5) is 4.69. The fraction of sp³-hybridized carbons (Fsp3) is 0.167. The third kappa shape index (κ3) is 2.26. The van der Waals surface area contributed by atoms with E-state index < -0.39 is 0 Å². The van der Waals surface area contributed by atoms with Crippen LogP contribution in [0.3, 0.4) is 0 Å². The number of ether oxygens (including phenoxy) is 2. The van der Waals surface area contributed by atoms with Gasteiger partial charge < -0.3 is 9.47 Å². The smallest absolute Gasteiger partial charge is 0.119 e. The van der Waals surface area contributed by atoms with Crippen molar-refractivity contribution in [1.82, 2.24) is 4.98 Å². The van der Waals surface area contributed by atoms with Crippen LogP contribution in [-0.2, 0) is 24.6 Å². The Labute approximate surface area is 123 Å². The highest BCUT2D eigenvalue weighted by molar-refractivity contribution is 5.83. The van der Waals surface area contributed by atoms with Crippen molar-refractivity contribution in [3.63, 3.8) is 0 Å². The van der Waals surface area contributed by atoms with Gasteiger partial charge in [0.1, 0.15) is 12.4 Å². The van der Waals surface area contributed by atoms with Crippen LogP contribution in [0, 0.1) is 6.07 Å². The van der Waals surface area contributed by atoms with Gasteiger partial charge in [-0.2, -0.15) is 0 Å². The van der Waals surface area contributed by atoms with Gasteiger partial charge in [0.25, 0.3) is 0 Å². The van der Waals surface area contributed by atoms with Gasteiger partial charge in [-0.3, -0.25) is 0 Å². The number of hydrogen-bond acceptors (Lipinski definition) is 3. The van der Waals surface area contributed by atoms with Crippen LogP contribution >= 0.6 is 0 Å². The minimum atomic E-state index is 0.527. The molecule has 1 radical (unpaired) electrons. The summed E-state index contributed by atoms with van der Waals surface area (Å²) in [7, 11) is 0. The first kappa shape index (κ1) is 12.4. The molecule has 0 aliphatic carbocycles. The zero-order chi connectivity index (χ0) is 14.1. The van der Waals surface area contributed by atoms with Gasteiger partial charge in [-0.05, 0) is 24.3 Å². The highest BCUT2D eigenvalue weighted by Crippen LogP contribution is 2.29. The zero-order valence-electron chi connectivity index (χ0n) is 11.5. The Bertz CT molecular complexity index is 784. The van der Waals surface area contributed by atoms with Crippen LogP contribution in [0.4, 0.5) is 0 Å². The van der Waals surface area contributed by atoms with E-state index in [2.05, 4.69) is 17.1 Å². The largest absolute Gasteiger partial charge is 0.489 e. The number of para-hydroxylation sites is 1. The molecular formula is C18H14NO2. The minimum absolute atomic E-state index is 0.527. The summed E-state index contributed by atoms with van der Waals surface area (Å²) in [6, 6.07) is 18.7. The van der Waals surface area contributed by atoms with Crippen molar-refractivity contribution < 1.29 is 9.47 Å². The van der Waals surface area contributed by atoms with Crippen molar-refractivity contribution in [2.75, 3.05) is 0 Å². The molecule has 0 N–H and O–H groups in total. The molecule has 3 aromatic rings. The third-order valence-corrected chi connectivity index (χ3v) is 3.75. The van der Waals surface area contributed by atoms with E-state index in [9.17, 15) is 0 Å². The Morgan fingerprint density at radius 1 is 1.10 bits per heavy atom. The minimum Gasteiger partial charge on any atom is -0.489 e. The number of hydrogen-bond donors (Lipinski definition) is 0. The van der Waals surface area contributed by atoms with Crippen LogP contribution < -0.4 is 4.74 Å². The first-order valence-corrected chi connectivity index (χ1v) is 6.98. The molecule has 3 nitrogen and oxygen atoms in total. The lowest BCUT2D eigenvalue weighted by Crippen LogP contribution is -2.03. The second-order valence-corrected chi connectivity index (χ2v) is 5.05. The number of nitrogens with zero attached hydrogens (tertiary/aromatic N) is 1. The molecule has 1 aliphatic heterocycles. The Morgan fingerprint density at radius 3 is 2.86 bits per heavy atom. The van der Waals surface area contributed by atoms with Crippen LogP contribution in [-0.4, -0.2) is 4.98 Å². The van der Waals surface area contributed by atoms with Crippen molar-refractivity contribution in [1.29, 1.82) is 0 Å². The van der Waals surface area contributed by atoms with Crippen LogP contribution in [0.5, 0.6) is 5.75 Å². The fourth-order valence-corrected chi connectivity index (χ4v) is 2.70. The van der Waals surface area contributed by atoms with Gasteiger partial charge in [0.05, 0.1) is 24.4 Å². The van der Waals surface area contributed by atoms with Gasteiger partial charge in [0, 0.05) is 16.5 Å². The summed E-state index contributed by atoms with van der Waals surface area (Å²) in [5.74, 6) is 0.849. The predicted octanol–water partition coefficient (Wildman–Crippen LogP) is 3.64. The highest BCUT2D eigenvalue weighted by Gasteiger charge is 2.20. The molecule has 2 heterocycles. The lowest BCUT2D eigenvalue weighted by atomic mass is 10.0. The molecule has 0 atom stereocenters. The van der Waals surface area contributed by atoms with Crippen LogP contribution in [0.2, 0.25) is 0 Å². The number of benzene rings is 2. The summed E-state index contributed by atoms with van der Waals surface area (Å²) in [6.45, 7) is 1.74. The Morgan fingerprint density at radius 2 is 1.95 bits per heavy atom. The molecule has 0 saturated carbocycles. The second kappa shape index (κ2) is 5.19. The van der Waals surface area contributed by atoms with E-state index in [-0.39, 0.29) is 0 Å². The monoisotopic (exact) mass is 276 g/mol. The zero-order valence-corrected chi connectivity index (χ0v) is 11.5. The van der Waals surface area contributed by atoms with Crippen LogP contribution in [0.15, 0.2) is 48.5 Å². The number of pyridine rings is 1. The van der Waals surface area contributed by atoms with Gasteiger partial charge >= 0.3 is 0 Å². The molecule has 0 fully saturated rings. The van der Waals surface area contributed by atoms with Crippen molar-refractivity contribution in [3.05, 3.63) is 71.4 Å². The molecule has 0 saturated heterocycles. The summed E-state index contributed by atoms with van der Waals surface area (Å²) in [6.07, 6.45) is 0. The molecule has 21 heavy (non-hydrogen) atoms. The average molecular weight is 276 g/mol. The Hall–Kier alpha value is -2.39. The van der Waals surface area contributed by atoms with E-state index in [4.69, 9.17) is 9.47 Å². The van der Waals surface area contributed by atoms with E-state index >= 15 is 0 Å². The summed E-state index contributed by atoms with van der Waals surface area (Å²) in [5.41, 5.74) is 4.40. The maximum absolute atomic E-state index is 5.92. The van der Waals surface area contributed by atoms with Crippen molar-refractivity contribution in [3.8, 4) is 5.75 Å². The molecule has 3 heteroatoms. The normalized spacial score (nSPS) is 13.3. The summed E-state index contributed by atoms with van der Waals surface area (Å²) < 4.78 is 11.5. The van der Waals surface area contributed by atoms with E-state index in [0.29, 0.717) is 19.8 Å². The van der Waals surface area contributed by atoms with Crippen LogP contribution in [0.25, 0.3) is 10.9 Å².